The number of methoxy groups -OCH3 is 1. The molecule has 1 amide bonds. The van der Waals surface area contributed by atoms with E-state index in [1.807, 2.05) is 20.8 Å². The van der Waals surface area contributed by atoms with Crippen LogP contribution in [0.5, 0.6) is 5.75 Å². The van der Waals surface area contributed by atoms with E-state index in [1.165, 1.54) is 10.5 Å². The summed E-state index contributed by atoms with van der Waals surface area (Å²) in [4.78, 5) is 25.1. The van der Waals surface area contributed by atoms with Crippen LogP contribution in [0.4, 0.5) is 5.82 Å². The molecule has 29 heavy (non-hydrogen) atoms. The quantitative estimate of drug-likeness (QED) is 0.808. The number of carbonyl (C=O) groups is 1. The van der Waals surface area contributed by atoms with Crippen LogP contribution in [-0.4, -0.2) is 61.1 Å². The molecule has 1 fully saturated rings. The number of nitrogens with one attached hydrogen (secondary N) is 1. The number of nitrogens with zero attached hydrogens (tertiary/aromatic N) is 4. The van der Waals surface area contributed by atoms with E-state index in [4.69, 9.17) is 4.74 Å². The first kappa shape index (κ1) is 21.0. The molecule has 1 aromatic heterocycles. The van der Waals surface area contributed by atoms with Crippen molar-refractivity contribution in [2.75, 3.05) is 39.2 Å². The molecule has 1 saturated heterocycles. The van der Waals surface area contributed by atoms with Crippen LogP contribution in [0.2, 0.25) is 0 Å². The van der Waals surface area contributed by atoms with Gasteiger partial charge in [0.05, 0.1) is 7.11 Å². The van der Waals surface area contributed by atoms with Crippen LogP contribution in [-0.2, 0) is 6.54 Å². The lowest BCUT2D eigenvalue weighted by molar-refractivity contribution is 0.0815. The van der Waals surface area contributed by atoms with Gasteiger partial charge < -0.3 is 19.9 Å². The second kappa shape index (κ2) is 8.78. The number of hydrogen-bond acceptors (Lipinski definition) is 6. The van der Waals surface area contributed by atoms with Crippen LogP contribution in [0.3, 0.4) is 0 Å². The summed E-state index contributed by atoms with van der Waals surface area (Å²) in [6.07, 6.45) is 1.03. The Labute approximate surface area is 173 Å². The van der Waals surface area contributed by atoms with Crippen molar-refractivity contribution in [1.29, 1.82) is 0 Å². The summed E-state index contributed by atoms with van der Waals surface area (Å²) < 4.78 is 5.42. The average Bonchev–Trinajstić information content (AvgIpc) is 3.17. The van der Waals surface area contributed by atoms with Crippen LogP contribution in [0.25, 0.3) is 0 Å². The van der Waals surface area contributed by atoms with E-state index in [9.17, 15) is 4.79 Å². The lowest BCUT2D eigenvalue weighted by Crippen LogP contribution is -2.33. The van der Waals surface area contributed by atoms with Gasteiger partial charge in [-0.15, -0.1) is 0 Å². The third-order valence-corrected chi connectivity index (χ3v) is 5.52. The maximum absolute atomic E-state index is 12.3. The summed E-state index contributed by atoms with van der Waals surface area (Å²) in [6, 6.07) is 6.68. The van der Waals surface area contributed by atoms with E-state index < -0.39 is 0 Å². The van der Waals surface area contributed by atoms with Crippen molar-refractivity contribution >= 4 is 11.7 Å². The van der Waals surface area contributed by atoms with E-state index >= 15 is 0 Å². The van der Waals surface area contributed by atoms with E-state index in [1.54, 1.807) is 21.2 Å². The second-order valence-electron chi connectivity index (χ2n) is 7.90. The topological polar surface area (TPSA) is 70.6 Å². The number of anilines is 1. The molecule has 1 aliphatic heterocycles. The number of hydrogen-bond donors (Lipinski definition) is 1. The Morgan fingerprint density at radius 2 is 2.03 bits per heavy atom. The molecule has 0 bridgehead atoms. The molecule has 1 N–H and O–H groups in total. The average molecular weight is 398 g/mol. The van der Waals surface area contributed by atoms with Gasteiger partial charge in [0, 0.05) is 51.0 Å². The van der Waals surface area contributed by atoms with Crippen molar-refractivity contribution in [3.8, 4) is 5.75 Å². The molecule has 1 aromatic carbocycles. The SMILES string of the molecule is COc1cc(CN[C@@H]2CCN(c3nc(C(=O)N(C)C)nc(C)c3C)C2)ccc1C. The Bertz CT molecular complexity index is 897. The molecular weight excluding hydrogens is 366 g/mol. The minimum Gasteiger partial charge on any atom is -0.496 e. The largest absolute Gasteiger partial charge is 0.496 e. The van der Waals surface area contributed by atoms with Gasteiger partial charge in [-0.2, -0.15) is 0 Å². The highest BCUT2D eigenvalue weighted by Gasteiger charge is 2.26. The van der Waals surface area contributed by atoms with Gasteiger partial charge in [-0.05, 0) is 44.4 Å². The van der Waals surface area contributed by atoms with Crippen molar-refractivity contribution < 1.29 is 9.53 Å². The summed E-state index contributed by atoms with van der Waals surface area (Å²) in [5, 5.41) is 3.64. The molecular formula is C22H31N5O2. The number of rotatable bonds is 6. The third-order valence-electron chi connectivity index (χ3n) is 5.52. The zero-order valence-electron chi connectivity index (χ0n) is 18.2. The molecule has 156 valence electrons. The zero-order chi connectivity index (χ0) is 21.1. The standard InChI is InChI=1S/C22H31N5O2/c1-14-7-8-17(11-19(14)29-6)12-23-18-9-10-27(13-18)21-15(2)16(3)24-20(25-21)22(28)26(4)5/h7-8,11,18,23H,9-10,12-13H2,1-6H3/t18-/m1/s1. The van der Waals surface area contributed by atoms with Crippen molar-refractivity contribution in [3.05, 3.63) is 46.4 Å². The van der Waals surface area contributed by atoms with Crippen molar-refractivity contribution in [1.82, 2.24) is 20.2 Å². The number of ether oxygens (including phenoxy) is 1. The molecule has 2 aromatic rings. The van der Waals surface area contributed by atoms with Crippen molar-refractivity contribution in [3.63, 3.8) is 0 Å². The molecule has 0 unspecified atom stereocenters. The van der Waals surface area contributed by atoms with E-state index in [2.05, 4.69) is 38.4 Å². The molecule has 0 radical (unpaired) electrons. The van der Waals surface area contributed by atoms with Crippen LogP contribution in [0, 0.1) is 20.8 Å². The Balaban J connectivity index is 1.68. The number of carbonyl (C=O) groups excluding carboxylic acids is 1. The van der Waals surface area contributed by atoms with Gasteiger partial charge in [0.2, 0.25) is 5.82 Å². The van der Waals surface area contributed by atoms with Gasteiger partial charge in [-0.1, -0.05) is 12.1 Å². The molecule has 2 heterocycles. The molecule has 1 aliphatic rings. The van der Waals surface area contributed by atoms with Gasteiger partial charge in [0.25, 0.3) is 5.91 Å². The highest BCUT2D eigenvalue weighted by Crippen LogP contribution is 2.25. The Kier molecular flexibility index (Phi) is 6.37. The minimum atomic E-state index is -0.170. The van der Waals surface area contributed by atoms with Crippen molar-refractivity contribution in [2.45, 2.75) is 39.8 Å². The number of aryl methyl sites for hydroxylation is 2. The van der Waals surface area contributed by atoms with Crippen LogP contribution < -0.4 is 15.0 Å². The fourth-order valence-corrected chi connectivity index (χ4v) is 3.57. The van der Waals surface area contributed by atoms with Crippen LogP contribution in [0.1, 0.15) is 39.4 Å². The molecule has 7 heteroatoms. The van der Waals surface area contributed by atoms with Gasteiger partial charge >= 0.3 is 0 Å². The summed E-state index contributed by atoms with van der Waals surface area (Å²) in [5.41, 5.74) is 4.23. The van der Waals surface area contributed by atoms with Gasteiger partial charge in [-0.3, -0.25) is 4.79 Å². The monoisotopic (exact) mass is 397 g/mol. The summed E-state index contributed by atoms with van der Waals surface area (Å²) in [6.45, 7) is 8.56. The van der Waals surface area contributed by atoms with Crippen molar-refractivity contribution in [2.24, 2.45) is 0 Å². The summed E-state index contributed by atoms with van der Waals surface area (Å²) in [7, 11) is 5.14. The first-order valence-corrected chi connectivity index (χ1v) is 9.99. The summed E-state index contributed by atoms with van der Waals surface area (Å²) >= 11 is 0. The lowest BCUT2D eigenvalue weighted by atomic mass is 10.1. The maximum Gasteiger partial charge on any atom is 0.291 e. The van der Waals surface area contributed by atoms with E-state index in [0.717, 1.165) is 54.4 Å². The van der Waals surface area contributed by atoms with Gasteiger partial charge in [-0.25, -0.2) is 9.97 Å². The van der Waals surface area contributed by atoms with Crippen LogP contribution >= 0.6 is 0 Å². The highest BCUT2D eigenvalue weighted by molar-refractivity contribution is 5.90. The highest BCUT2D eigenvalue weighted by atomic mass is 16.5. The van der Waals surface area contributed by atoms with E-state index in [-0.39, 0.29) is 11.7 Å². The maximum atomic E-state index is 12.3. The smallest absolute Gasteiger partial charge is 0.291 e. The molecule has 7 nitrogen and oxygen atoms in total. The minimum absolute atomic E-state index is 0.170. The molecule has 3 rings (SSSR count). The Morgan fingerprint density at radius 3 is 2.72 bits per heavy atom. The molecule has 0 saturated carbocycles. The first-order valence-electron chi connectivity index (χ1n) is 9.99. The Hall–Kier alpha value is -2.67. The normalized spacial score (nSPS) is 16.2. The second-order valence-corrected chi connectivity index (χ2v) is 7.90. The molecule has 0 aliphatic carbocycles. The van der Waals surface area contributed by atoms with Gasteiger partial charge in [0.15, 0.2) is 0 Å². The lowest BCUT2D eigenvalue weighted by Gasteiger charge is -2.22. The third kappa shape index (κ3) is 4.67. The summed E-state index contributed by atoms with van der Waals surface area (Å²) in [5.74, 6) is 1.87. The van der Waals surface area contributed by atoms with E-state index in [0.29, 0.717) is 6.04 Å². The number of amides is 1. The van der Waals surface area contributed by atoms with Gasteiger partial charge in [0.1, 0.15) is 11.6 Å². The molecule has 1 atom stereocenters. The fourth-order valence-electron chi connectivity index (χ4n) is 3.57. The van der Waals surface area contributed by atoms with Crippen LogP contribution in [0.15, 0.2) is 18.2 Å². The first-order chi connectivity index (χ1) is 13.8. The zero-order valence-corrected chi connectivity index (χ0v) is 18.2. The number of benzene rings is 1. The predicted molar refractivity (Wildman–Crippen MR) is 115 cm³/mol. The fraction of sp³-hybridized carbons (Fsp3) is 0.500. The Morgan fingerprint density at radius 1 is 1.28 bits per heavy atom. The molecule has 0 spiro atoms. The predicted octanol–water partition coefficient (Wildman–Crippen LogP) is 2.48. The number of aromatic nitrogens is 2.